The first-order valence-electron chi connectivity index (χ1n) is 7.60. The lowest BCUT2D eigenvalue weighted by molar-refractivity contribution is -0.121. The van der Waals surface area contributed by atoms with E-state index in [1.54, 1.807) is 17.5 Å². The molecular weight excluding hydrogens is 308 g/mol. The highest BCUT2D eigenvalue weighted by Crippen LogP contribution is 2.20. The van der Waals surface area contributed by atoms with Gasteiger partial charge in [0.25, 0.3) is 0 Å². The summed E-state index contributed by atoms with van der Waals surface area (Å²) in [4.78, 5) is 17.4. The topological polar surface area (TPSA) is 55.1 Å². The maximum Gasteiger partial charge on any atom is 0.220 e. The molecule has 0 saturated heterocycles. The lowest BCUT2D eigenvalue weighted by Gasteiger charge is -2.03. The molecule has 23 heavy (non-hydrogen) atoms. The zero-order chi connectivity index (χ0) is 15.9. The predicted molar refractivity (Wildman–Crippen MR) is 91.3 cm³/mol. The molecule has 0 saturated carbocycles. The average molecular weight is 326 g/mol. The number of nitrogens with zero attached hydrogens (tertiary/aromatic N) is 1. The molecule has 0 spiro atoms. The molecule has 0 fully saturated rings. The number of carbonyl (C=O) groups excluding carboxylic acids is 1. The highest BCUT2D eigenvalue weighted by Gasteiger charge is 2.08. The second-order valence-corrected chi connectivity index (χ2v) is 6.20. The molecular formula is C18H18N2O2S. The molecule has 0 radical (unpaired) electrons. The van der Waals surface area contributed by atoms with Gasteiger partial charge in [-0.2, -0.15) is 0 Å². The van der Waals surface area contributed by atoms with Gasteiger partial charge in [0.15, 0.2) is 11.7 Å². The first-order valence-corrected chi connectivity index (χ1v) is 8.48. The van der Waals surface area contributed by atoms with Crippen LogP contribution < -0.4 is 5.32 Å². The fraction of sp³-hybridized carbons (Fsp3) is 0.222. The lowest BCUT2D eigenvalue weighted by atomic mass is 10.2. The van der Waals surface area contributed by atoms with E-state index in [0.29, 0.717) is 25.3 Å². The second-order valence-electron chi connectivity index (χ2n) is 5.16. The van der Waals surface area contributed by atoms with Crippen LogP contribution in [-0.4, -0.2) is 17.4 Å². The van der Waals surface area contributed by atoms with Crippen LogP contribution in [0.5, 0.6) is 0 Å². The van der Waals surface area contributed by atoms with Crippen molar-refractivity contribution < 1.29 is 9.21 Å². The Morgan fingerprint density at radius 2 is 2.00 bits per heavy atom. The maximum absolute atomic E-state index is 11.8. The van der Waals surface area contributed by atoms with Gasteiger partial charge in [0.05, 0.1) is 6.20 Å². The number of hydrogen-bond acceptors (Lipinski definition) is 4. The van der Waals surface area contributed by atoms with Crippen LogP contribution in [0.25, 0.3) is 11.3 Å². The van der Waals surface area contributed by atoms with Gasteiger partial charge in [-0.15, -0.1) is 11.3 Å². The summed E-state index contributed by atoms with van der Waals surface area (Å²) in [6.07, 6.45) is 3.48. The van der Waals surface area contributed by atoms with E-state index in [-0.39, 0.29) is 5.91 Å². The minimum absolute atomic E-state index is 0.0287. The van der Waals surface area contributed by atoms with E-state index in [2.05, 4.69) is 16.4 Å². The van der Waals surface area contributed by atoms with Crippen LogP contribution in [0, 0.1) is 0 Å². The summed E-state index contributed by atoms with van der Waals surface area (Å²) < 4.78 is 5.69. The van der Waals surface area contributed by atoms with Crippen molar-refractivity contribution in [3.8, 4) is 11.3 Å². The van der Waals surface area contributed by atoms with Gasteiger partial charge >= 0.3 is 0 Å². The van der Waals surface area contributed by atoms with Crippen LogP contribution in [0.15, 0.2) is 58.5 Å². The monoisotopic (exact) mass is 326 g/mol. The minimum Gasteiger partial charge on any atom is -0.441 e. The summed E-state index contributed by atoms with van der Waals surface area (Å²) in [5.74, 6) is 1.36. The first-order chi connectivity index (χ1) is 11.3. The number of aromatic nitrogens is 1. The number of oxazole rings is 1. The van der Waals surface area contributed by atoms with E-state index in [1.807, 2.05) is 41.8 Å². The molecule has 4 nitrogen and oxygen atoms in total. The van der Waals surface area contributed by atoms with Crippen molar-refractivity contribution in [2.45, 2.75) is 19.3 Å². The summed E-state index contributed by atoms with van der Waals surface area (Å²) in [5, 5.41) is 4.97. The molecule has 3 aromatic rings. The van der Waals surface area contributed by atoms with Crippen molar-refractivity contribution in [1.29, 1.82) is 0 Å². The van der Waals surface area contributed by atoms with Gasteiger partial charge in [-0.3, -0.25) is 4.79 Å². The van der Waals surface area contributed by atoms with Gasteiger partial charge < -0.3 is 9.73 Å². The smallest absolute Gasteiger partial charge is 0.220 e. The first kappa shape index (κ1) is 15.5. The standard InChI is InChI=1S/C18H18N2O2S/c21-17(19-11-10-15-7-4-12-23-15)8-9-18-20-13-16(22-18)14-5-2-1-3-6-14/h1-7,12-13H,8-11H2,(H,19,21). The summed E-state index contributed by atoms with van der Waals surface area (Å²) >= 11 is 1.71. The molecule has 2 heterocycles. The molecule has 0 aliphatic carbocycles. The summed E-state index contributed by atoms with van der Waals surface area (Å²) in [7, 11) is 0. The van der Waals surface area contributed by atoms with E-state index < -0.39 is 0 Å². The van der Waals surface area contributed by atoms with Crippen molar-refractivity contribution in [1.82, 2.24) is 10.3 Å². The molecule has 0 unspecified atom stereocenters. The highest BCUT2D eigenvalue weighted by molar-refractivity contribution is 7.09. The Labute approximate surface area is 139 Å². The Hall–Kier alpha value is -2.40. The fourth-order valence-corrected chi connectivity index (χ4v) is 2.96. The maximum atomic E-state index is 11.8. The van der Waals surface area contributed by atoms with Crippen LogP contribution in [-0.2, 0) is 17.6 Å². The van der Waals surface area contributed by atoms with Crippen LogP contribution in [0.4, 0.5) is 0 Å². The van der Waals surface area contributed by atoms with E-state index in [1.165, 1.54) is 4.88 Å². The van der Waals surface area contributed by atoms with Gasteiger partial charge in [-0.1, -0.05) is 36.4 Å². The number of rotatable bonds is 7. The third kappa shape index (κ3) is 4.53. The molecule has 3 rings (SSSR count). The molecule has 0 bridgehead atoms. The van der Waals surface area contributed by atoms with Gasteiger partial charge in [-0.25, -0.2) is 4.98 Å². The predicted octanol–water partition coefficient (Wildman–Crippen LogP) is 3.69. The van der Waals surface area contributed by atoms with Gasteiger partial charge in [-0.05, 0) is 17.9 Å². The van der Waals surface area contributed by atoms with Crippen molar-refractivity contribution in [3.05, 3.63) is 64.8 Å². The Bertz CT molecular complexity index is 735. The molecule has 1 N–H and O–H groups in total. The van der Waals surface area contributed by atoms with Gasteiger partial charge in [0.1, 0.15) is 0 Å². The molecule has 0 aliphatic heterocycles. The Morgan fingerprint density at radius 3 is 2.78 bits per heavy atom. The van der Waals surface area contributed by atoms with Gasteiger partial charge in [0, 0.05) is 29.8 Å². The highest BCUT2D eigenvalue weighted by atomic mass is 32.1. The van der Waals surface area contributed by atoms with E-state index in [0.717, 1.165) is 17.7 Å². The fourth-order valence-electron chi connectivity index (χ4n) is 2.25. The quantitative estimate of drug-likeness (QED) is 0.720. The van der Waals surface area contributed by atoms with Crippen LogP contribution in [0.2, 0.25) is 0 Å². The average Bonchev–Trinajstić information content (AvgIpc) is 3.25. The SMILES string of the molecule is O=C(CCc1ncc(-c2ccccc2)o1)NCCc1cccs1. The van der Waals surface area contributed by atoms with Crippen molar-refractivity contribution in [2.24, 2.45) is 0 Å². The molecule has 2 aromatic heterocycles. The second kappa shape index (κ2) is 7.74. The Kier molecular flexibility index (Phi) is 5.21. The normalized spacial score (nSPS) is 10.6. The largest absolute Gasteiger partial charge is 0.441 e. The van der Waals surface area contributed by atoms with Crippen molar-refractivity contribution in [2.75, 3.05) is 6.54 Å². The van der Waals surface area contributed by atoms with Crippen molar-refractivity contribution >= 4 is 17.2 Å². The van der Waals surface area contributed by atoms with E-state index >= 15 is 0 Å². The van der Waals surface area contributed by atoms with E-state index in [4.69, 9.17) is 4.42 Å². The van der Waals surface area contributed by atoms with Crippen LogP contribution in [0.3, 0.4) is 0 Å². The third-order valence-corrected chi connectivity index (χ3v) is 4.39. The Balaban J connectivity index is 1.43. The summed E-state index contributed by atoms with van der Waals surface area (Å²) in [5.41, 5.74) is 0.992. The molecule has 0 atom stereocenters. The number of carbonyl (C=O) groups is 1. The summed E-state index contributed by atoms with van der Waals surface area (Å²) in [6, 6.07) is 13.9. The Morgan fingerprint density at radius 1 is 1.13 bits per heavy atom. The molecule has 118 valence electrons. The number of benzene rings is 1. The number of aryl methyl sites for hydroxylation is 1. The third-order valence-electron chi connectivity index (χ3n) is 3.45. The van der Waals surface area contributed by atoms with Crippen LogP contribution in [0.1, 0.15) is 17.2 Å². The zero-order valence-corrected chi connectivity index (χ0v) is 13.5. The number of hydrogen-bond donors (Lipinski definition) is 1. The van der Waals surface area contributed by atoms with Crippen LogP contribution >= 0.6 is 11.3 Å². The van der Waals surface area contributed by atoms with Crippen molar-refractivity contribution in [3.63, 3.8) is 0 Å². The van der Waals surface area contributed by atoms with E-state index in [9.17, 15) is 4.79 Å². The minimum atomic E-state index is 0.0287. The number of thiophene rings is 1. The molecule has 0 aliphatic rings. The molecule has 1 aromatic carbocycles. The lowest BCUT2D eigenvalue weighted by Crippen LogP contribution is -2.25. The zero-order valence-electron chi connectivity index (χ0n) is 12.7. The molecule has 5 heteroatoms. The van der Waals surface area contributed by atoms with Gasteiger partial charge in [0.2, 0.25) is 5.91 Å². The number of amides is 1. The molecule has 1 amide bonds. The summed E-state index contributed by atoms with van der Waals surface area (Å²) in [6.45, 7) is 0.667. The number of nitrogens with one attached hydrogen (secondary N) is 1.